The summed E-state index contributed by atoms with van der Waals surface area (Å²) in [7, 11) is 4.17. The third-order valence-electron chi connectivity index (χ3n) is 5.38. The van der Waals surface area contributed by atoms with E-state index in [2.05, 4.69) is 65.5 Å². The molecule has 0 spiro atoms. The maximum atomic E-state index is 6.08. The summed E-state index contributed by atoms with van der Waals surface area (Å²) in [6.45, 7) is 2.05. The van der Waals surface area contributed by atoms with Gasteiger partial charge in [-0.1, -0.05) is 66.7 Å². The highest BCUT2D eigenvalue weighted by Crippen LogP contribution is 2.48. The van der Waals surface area contributed by atoms with Gasteiger partial charge in [0.25, 0.3) is 0 Å². The first-order chi connectivity index (χ1) is 12.1. The number of hydrogen-bond acceptors (Lipinski definition) is 2. The molecule has 1 saturated carbocycles. The second kappa shape index (κ2) is 6.34. The SMILES string of the molecule is C[B]c1cccc(-c2nnc(C3(c4ccc(Cl)cc4)CCC3)n2C)c1. The molecule has 1 fully saturated rings. The zero-order chi connectivity index (χ0) is 17.4. The quantitative estimate of drug-likeness (QED) is 0.668. The maximum Gasteiger partial charge on any atom is 0.163 e. The van der Waals surface area contributed by atoms with Gasteiger partial charge in [-0.2, -0.15) is 0 Å². The molecular weight excluding hydrogens is 329 g/mol. The van der Waals surface area contributed by atoms with Gasteiger partial charge in [-0.05, 0) is 30.5 Å². The Balaban J connectivity index is 1.78. The minimum Gasteiger partial charge on any atom is -0.313 e. The van der Waals surface area contributed by atoms with Crippen LogP contribution in [0.3, 0.4) is 0 Å². The van der Waals surface area contributed by atoms with Crippen molar-refractivity contribution in [3.8, 4) is 11.4 Å². The largest absolute Gasteiger partial charge is 0.313 e. The van der Waals surface area contributed by atoms with Gasteiger partial charge in [0.15, 0.2) is 5.82 Å². The lowest BCUT2D eigenvalue weighted by molar-refractivity contribution is 0.278. The predicted octanol–water partition coefficient (Wildman–Crippen LogP) is 3.98. The van der Waals surface area contributed by atoms with E-state index in [1.807, 2.05) is 19.0 Å². The van der Waals surface area contributed by atoms with Crippen LogP contribution >= 0.6 is 11.6 Å². The summed E-state index contributed by atoms with van der Waals surface area (Å²) in [5.41, 5.74) is 3.53. The Labute approximate surface area is 154 Å². The van der Waals surface area contributed by atoms with Crippen LogP contribution in [0.5, 0.6) is 0 Å². The Morgan fingerprint density at radius 2 is 1.84 bits per heavy atom. The third-order valence-corrected chi connectivity index (χ3v) is 5.64. The average Bonchev–Trinajstić information content (AvgIpc) is 2.98. The summed E-state index contributed by atoms with van der Waals surface area (Å²) in [6, 6.07) is 16.6. The van der Waals surface area contributed by atoms with Crippen molar-refractivity contribution in [1.29, 1.82) is 0 Å². The Morgan fingerprint density at radius 3 is 2.48 bits per heavy atom. The molecule has 0 amide bonds. The highest BCUT2D eigenvalue weighted by molar-refractivity contribution is 6.52. The van der Waals surface area contributed by atoms with E-state index in [9.17, 15) is 0 Å². The van der Waals surface area contributed by atoms with Crippen molar-refractivity contribution in [3.63, 3.8) is 0 Å². The van der Waals surface area contributed by atoms with Gasteiger partial charge in [0.2, 0.25) is 0 Å². The normalized spacial score (nSPS) is 15.6. The van der Waals surface area contributed by atoms with Crippen LogP contribution in [-0.2, 0) is 12.5 Å². The first kappa shape index (κ1) is 16.4. The molecule has 1 aliphatic carbocycles. The van der Waals surface area contributed by atoms with Crippen molar-refractivity contribution in [2.24, 2.45) is 7.05 Å². The molecule has 4 rings (SSSR count). The van der Waals surface area contributed by atoms with Gasteiger partial charge < -0.3 is 4.57 Å². The van der Waals surface area contributed by atoms with Crippen molar-refractivity contribution < 1.29 is 0 Å². The Morgan fingerprint density at radius 1 is 1.08 bits per heavy atom. The molecule has 3 nitrogen and oxygen atoms in total. The van der Waals surface area contributed by atoms with E-state index in [-0.39, 0.29) is 5.41 Å². The predicted molar refractivity (Wildman–Crippen MR) is 104 cm³/mol. The molecule has 0 unspecified atom stereocenters. The van der Waals surface area contributed by atoms with Gasteiger partial charge in [0, 0.05) is 17.6 Å². The minimum atomic E-state index is -0.0426. The van der Waals surface area contributed by atoms with Gasteiger partial charge in [-0.3, -0.25) is 0 Å². The standard InChI is InChI=1S/C20H20BClN3/c1-21-16-6-3-5-14(13-16)18-23-24-19(25(18)2)20(11-4-12-20)15-7-9-17(22)10-8-15/h3,5-10,13H,4,11-12H2,1-2H3. The van der Waals surface area contributed by atoms with E-state index >= 15 is 0 Å². The smallest absolute Gasteiger partial charge is 0.163 e. The van der Waals surface area contributed by atoms with E-state index in [0.29, 0.717) is 0 Å². The van der Waals surface area contributed by atoms with Crippen LogP contribution in [0, 0.1) is 0 Å². The summed E-state index contributed by atoms with van der Waals surface area (Å²) in [5.74, 6) is 1.96. The van der Waals surface area contributed by atoms with Crippen molar-refractivity contribution in [2.75, 3.05) is 0 Å². The second-order valence-electron chi connectivity index (χ2n) is 6.76. The number of aromatic nitrogens is 3. The molecule has 0 aliphatic heterocycles. The highest BCUT2D eigenvalue weighted by Gasteiger charge is 2.44. The molecular formula is C20H20BClN3. The number of benzene rings is 2. The first-order valence-electron chi connectivity index (χ1n) is 8.70. The lowest BCUT2D eigenvalue weighted by Gasteiger charge is -2.41. The maximum absolute atomic E-state index is 6.08. The number of nitrogens with zero attached hydrogens (tertiary/aromatic N) is 3. The van der Waals surface area contributed by atoms with E-state index < -0.39 is 0 Å². The highest BCUT2D eigenvalue weighted by atomic mass is 35.5. The Hall–Kier alpha value is -2.07. The van der Waals surface area contributed by atoms with Crippen LogP contribution in [0.1, 0.15) is 30.7 Å². The van der Waals surface area contributed by atoms with Crippen LogP contribution < -0.4 is 5.46 Å². The number of rotatable bonds is 4. The van der Waals surface area contributed by atoms with E-state index in [4.69, 9.17) is 11.6 Å². The average molecular weight is 349 g/mol. The number of hydrogen-bond donors (Lipinski definition) is 0. The zero-order valence-electron chi connectivity index (χ0n) is 14.5. The van der Waals surface area contributed by atoms with Gasteiger partial charge >= 0.3 is 0 Å². The third kappa shape index (κ3) is 2.69. The van der Waals surface area contributed by atoms with Gasteiger partial charge in [-0.25, -0.2) is 0 Å². The monoisotopic (exact) mass is 348 g/mol. The molecule has 0 atom stereocenters. The Kier molecular flexibility index (Phi) is 4.16. The summed E-state index contributed by atoms with van der Waals surface area (Å²) in [5, 5.41) is 9.90. The summed E-state index contributed by atoms with van der Waals surface area (Å²) >= 11 is 6.08. The van der Waals surface area contributed by atoms with Crippen LogP contribution in [0.25, 0.3) is 11.4 Å². The minimum absolute atomic E-state index is 0.0426. The second-order valence-corrected chi connectivity index (χ2v) is 7.20. The molecule has 1 aliphatic rings. The fourth-order valence-electron chi connectivity index (χ4n) is 3.80. The van der Waals surface area contributed by atoms with Crippen molar-refractivity contribution in [2.45, 2.75) is 31.5 Å². The van der Waals surface area contributed by atoms with Gasteiger partial charge in [0.1, 0.15) is 13.1 Å². The molecule has 25 heavy (non-hydrogen) atoms. The molecule has 1 aromatic heterocycles. The van der Waals surface area contributed by atoms with Crippen LogP contribution in [0.15, 0.2) is 48.5 Å². The van der Waals surface area contributed by atoms with Crippen molar-refractivity contribution in [3.05, 3.63) is 64.9 Å². The van der Waals surface area contributed by atoms with E-state index in [0.717, 1.165) is 35.1 Å². The molecule has 0 saturated heterocycles. The summed E-state index contributed by atoms with van der Waals surface area (Å²) < 4.78 is 2.16. The van der Waals surface area contributed by atoms with Crippen LogP contribution in [0.2, 0.25) is 11.8 Å². The fraction of sp³-hybridized carbons (Fsp3) is 0.300. The van der Waals surface area contributed by atoms with Crippen LogP contribution in [-0.4, -0.2) is 22.0 Å². The molecule has 0 N–H and O–H groups in total. The van der Waals surface area contributed by atoms with Gasteiger partial charge in [-0.15, -0.1) is 10.2 Å². The van der Waals surface area contributed by atoms with Gasteiger partial charge in [0.05, 0.1) is 5.41 Å². The molecule has 125 valence electrons. The van der Waals surface area contributed by atoms with Crippen molar-refractivity contribution in [1.82, 2.24) is 14.8 Å². The molecule has 1 heterocycles. The van der Waals surface area contributed by atoms with E-state index in [1.54, 1.807) is 0 Å². The molecule has 1 radical (unpaired) electrons. The van der Waals surface area contributed by atoms with Crippen LogP contribution in [0.4, 0.5) is 0 Å². The molecule has 2 aromatic carbocycles. The molecule has 3 aromatic rings. The Bertz CT molecular complexity index is 898. The topological polar surface area (TPSA) is 30.7 Å². The lowest BCUT2D eigenvalue weighted by atomic mass is 9.64. The number of halogens is 1. The molecule has 5 heteroatoms. The zero-order valence-corrected chi connectivity index (χ0v) is 15.3. The molecule has 0 bridgehead atoms. The first-order valence-corrected chi connectivity index (χ1v) is 9.07. The van der Waals surface area contributed by atoms with Crippen molar-refractivity contribution >= 4 is 24.3 Å². The lowest BCUT2D eigenvalue weighted by Crippen LogP contribution is -2.38. The van der Waals surface area contributed by atoms with E-state index in [1.165, 1.54) is 17.4 Å². The summed E-state index contributed by atoms with van der Waals surface area (Å²) in [6.07, 6.45) is 3.41. The fourth-order valence-corrected chi connectivity index (χ4v) is 3.92. The summed E-state index contributed by atoms with van der Waals surface area (Å²) in [4.78, 5) is 0.